The molecule has 1 amide bonds. The number of carbonyl (C=O) groups excluding carboxylic acids is 1. The number of aliphatic hydroxyl groups is 1. The molecule has 1 unspecified atom stereocenters. The average molecular weight is 322 g/mol. The number of aromatic nitrogens is 1. The van der Waals surface area contributed by atoms with Gasteiger partial charge in [0.05, 0.1) is 12.5 Å². The van der Waals surface area contributed by atoms with E-state index in [0.29, 0.717) is 6.42 Å². The highest BCUT2D eigenvalue weighted by Crippen LogP contribution is 2.20. The van der Waals surface area contributed by atoms with Crippen LogP contribution in [0.15, 0.2) is 54.7 Å². The van der Waals surface area contributed by atoms with Gasteiger partial charge in [0.1, 0.15) is 0 Å². The van der Waals surface area contributed by atoms with Crippen molar-refractivity contribution < 1.29 is 9.90 Å². The van der Waals surface area contributed by atoms with Crippen LogP contribution in [0, 0.1) is 6.92 Å². The lowest BCUT2D eigenvalue weighted by Gasteiger charge is -2.13. The van der Waals surface area contributed by atoms with Gasteiger partial charge >= 0.3 is 0 Å². The van der Waals surface area contributed by atoms with Gasteiger partial charge in [-0.1, -0.05) is 35.9 Å². The van der Waals surface area contributed by atoms with E-state index in [2.05, 4.69) is 5.32 Å². The average Bonchev–Trinajstić information content (AvgIpc) is 2.93. The molecule has 124 valence electrons. The number of nitrogens with one attached hydrogen (secondary N) is 1. The van der Waals surface area contributed by atoms with Crippen LogP contribution in [0.1, 0.15) is 22.8 Å². The molecule has 0 fully saturated rings. The van der Waals surface area contributed by atoms with Gasteiger partial charge in [-0.05, 0) is 41.6 Å². The SMILES string of the molecule is Cc1cccc(CC(=O)NCC(O)c2ccc3c(ccn3C)c2)c1. The molecule has 0 bridgehead atoms. The fraction of sp³-hybridized carbons (Fsp3) is 0.250. The molecule has 0 aliphatic heterocycles. The van der Waals surface area contributed by atoms with Gasteiger partial charge in [0.2, 0.25) is 5.91 Å². The van der Waals surface area contributed by atoms with Crippen molar-refractivity contribution in [1.29, 1.82) is 0 Å². The summed E-state index contributed by atoms with van der Waals surface area (Å²) in [4.78, 5) is 12.0. The number of amides is 1. The van der Waals surface area contributed by atoms with Crippen molar-refractivity contribution in [2.45, 2.75) is 19.4 Å². The van der Waals surface area contributed by atoms with Gasteiger partial charge in [-0.15, -0.1) is 0 Å². The number of rotatable bonds is 5. The summed E-state index contributed by atoms with van der Waals surface area (Å²) in [5.41, 5.74) is 4.04. The quantitative estimate of drug-likeness (QED) is 0.759. The lowest BCUT2D eigenvalue weighted by Crippen LogP contribution is -2.29. The summed E-state index contributed by atoms with van der Waals surface area (Å²) < 4.78 is 2.04. The molecular weight excluding hydrogens is 300 g/mol. The van der Waals surface area contributed by atoms with E-state index in [-0.39, 0.29) is 12.5 Å². The summed E-state index contributed by atoms with van der Waals surface area (Å²) in [5.74, 6) is -0.0829. The summed E-state index contributed by atoms with van der Waals surface area (Å²) in [7, 11) is 1.99. The number of benzene rings is 2. The maximum Gasteiger partial charge on any atom is 0.224 e. The Hall–Kier alpha value is -2.59. The number of hydrogen-bond donors (Lipinski definition) is 2. The molecule has 4 nitrogen and oxygen atoms in total. The van der Waals surface area contributed by atoms with Gasteiger partial charge in [-0.3, -0.25) is 4.79 Å². The van der Waals surface area contributed by atoms with Gasteiger partial charge in [0, 0.05) is 25.3 Å². The maximum absolute atomic E-state index is 12.0. The standard InChI is InChI=1S/C20H22N2O2/c1-14-4-3-5-15(10-14)11-20(24)21-13-19(23)17-6-7-18-16(12-17)8-9-22(18)2/h3-10,12,19,23H,11,13H2,1-2H3,(H,21,24). The third-order valence-corrected chi connectivity index (χ3v) is 4.23. The van der Waals surface area contributed by atoms with Crippen LogP contribution in [0.3, 0.4) is 0 Å². The number of carbonyl (C=O) groups is 1. The molecule has 0 aliphatic carbocycles. The van der Waals surface area contributed by atoms with Crippen LogP contribution in [-0.2, 0) is 18.3 Å². The Morgan fingerprint density at radius 3 is 2.83 bits per heavy atom. The van der Waals surface area contributed by atoms with Crippen molar-refractivity contribution in [1.82, 2.24) is 9.88 Å². The van der Waals surface area contributed by atoms with E-state index in [1.54, 1.807) is 0 Å². The van der Waals surface area contributed by atoms with Crippen LogP contribution >= 0.6 is 0 Å². The van der Waals surface area contributed by atoms with Crippen LogP contribution in [-0.4, -0.2) is 22.1 Å². The zero-order valence-electron chi connectivity index (χ0n) is 14.0. The number of hydrogen-bond acceptors (Lipinski definition) is 2. The first-order valence-corrected chi connectivity index (χ1v) is 8.08. The Morgan fingerprint density at radius 2 is 2.04 bits per heavy atom. The molecule has 1 heterocycles. The zero-order valence-corrected chi connectivity index (χ0v) is 14.0. The lowest BCUT2D eigenvalue weighted by molar-refractivity contribution is -0.120. The van der Waals surface area contributed by atoms with Crippen LogP contribution in [0.2, 0.25) is 0 Å². The van der Waals surface area contributed by atoms with E-state index in [9.17, 15) is 9.90 Å². The molecular formula is C20H22N2O2. The molecule has 0 spiro atoms. The molecule has 24 heavy (non-hydrogen) atoms. The van der Waals surface area contributed by atoms with Gasteiger partial charge in [-0.25, -0.2) is 0 Å². The first kappa shape index (κ1) is 16.3. The van der Waals surface area contributed by atoms with Crippen molar-refractivity contribution in [2.24, 2.45) is 7.05 Å². The van der Waals surface area contributed by atoms with Crippen molar-refractivity contribution in [2.75, 3.05) is 6.54 Å². The van der Waals surface area contributed by atoms with Crippen molar-refractivity contribution in [3.05, 3.63) is 71.4 Å². The minimum atomic E-state index is -0.712. The van der Waals surface area contributed by atoms with Gasteiger partial charge in [0.15, 0.2) is 0 Å². The Labute approximate surface area is 141 Å². The predicted octanol–water partition coefficient (Wildman–Crippen LogP) is 2.88. The highest BCUT2D eigenvalue weighted by molar-refractivity contribution is 5.81. The molecule has 0 radical (unpaired) electrons. The van der Waals surface area contributed by atoms with E-state index in [1.807, 2.05) is 73.3 Å². The molecule has 1 aromatic heterocycles. The van der Waals surface area contributed by atoms with E-state index in [4.69, 9.17) is 0 Å². The van der Waals surface area contributed by atoms with Gasteiger partial charge < -0.3 is 15.0 Å². The molecule has 0 saturated heterocycles. The molecule has 1 atom stereocenters. The summed E-state index contributed by atoms with van der Waals surface area (Å²) in [6, 6.07) is 15.8. The topological polar surface area (TPSA) is 54.3 Å². The van der Waals surface area contributed by atoms with E-state index >= 15 is 0 Å². The maximum atomic E-state index is 12.0. The van der Waals surface area contributed by atoms with Gasteiger partial charge in [-0.2, -0.15) is 0 Å². The number of fused-ring (bicyclic) bond motifs is 1. The minimum Gasteiger partial charge on any atom is -0.387 e. The lowest BCUT2D eigenvalue weighted by atomic mass is 10.1. The molecule has 2 N–H and O–H groups in total. The van der Waals surface area contributed by atoms with E-state index in [0.717, 1.165) is 27.6 Å². The van der Waals surface area contributed by atoms with Crippen LogP contribution in [0.4, 0.5) is 0 Å². The second kappa shape index (κ2) is 6.89. The summed E-state index contributed by atoms with van der Waals surface area (Å²) in [6.45, 7) is 2.22. The predicted molar refractivity (Wildman–Crippen MR) is 95.8 cm³/mol. The molecule has 2 aromatic carbocycles. The van der Waals surface area contributed by atoms with Crippen molar-refractivity contribution in [3.8, 4) is 0 Å². The summed E-state index contributed by atoms with van der Waals surface area (Å²) >= 11 is 0. The largest absolute Gasteiger partial charge is 0.387 e. The van der Waals surface area contributed by atoms with Crippen molar-refractivity contribution in [3.63, 3.8) is 0 Å². The second-order valence-electron chi connectivity index (χ2n) is 6.23. The van der Waals surface area contributed by atoms with Gasteiger partial charge in [0.25, 0.3) is 0 Å². The summed E-state index contributed by atoms with van der Waals surface area (Å²) in [5, 5.41) is 14.2. The second-order valence-corrected chi connectivity index (χ2v) is 6.23. The fourth-order valence-electron chi connectivity index (χ4n) is 2.91. The number of aliphatic hydroxyl groups excluding tert-OH is 1. The molecule has 4 heteroatoms. The van der Waals surface area contributed by atoms with E-state index < -0.39 is 6.10 Å². The smallest absolute Gasteiger partial charge is 0.224 e. The van der Waals surface area contributed by atoms with Crippen molar-refractivity contribution >= 4 is 16.8 Å². The normalized spacial score (nSPS) is 12.3. The first-order chi connectivity index (χ1) is 11.5. The Bertz CT molecular complexity index is 867. The minimum absolute atomic E-state index is 0.0829. The zero-order chi connectivity index (χ0) is 17.1. The highest BCUT2D eigenvalue weighted by Gasteiger charge is 2.11. The van der Waals surface area contributed by atoms with E-state index in [1.165, 1.54) is 0 Å². The highest BCUT2D eigenvalue weighted by atomic mass is 16.3. The number of nitrogens with zero attached hydrogens (tertiary/aromatic N) is 1. The van der Waals surface area contributed by atoms with Crippen LogP contribution in [0.5, 0.6) is 0 Å². The first-order valence-electron chi connectivity index (χ1n) is 8.08. The number of aryl methyl sites for hydroxylation is 2. The fourth-order valence-corrected chi connectivity index (χ4v) is 2.91. The summed E-state index contributed by atoms with van der Waals surface area (Å²) in [6.07, 6.45) is 1.60. The Kier molecular flexibility index (Phi) is 4.67. The Morgan fingerprint density at radius 1 is 1.21 bits per heavy atom. The third kappa shape index (κ3) is 3.66. The van der Waals surface area contributed by atoms with Crippen LogP contribution < -0.4 is 5.32 Å². The van der Waals surface area contributed by atoms with Crippen LogP contribution in [0.25, 0.3) is 10.9 Å². The molecule has 0 aliphatic rings. The Balaban J connectivity index is 1.59. The molecule has 3 aromatic rings. The monoisotopic (exact) mass is 322 g/mol. The molecule has 3 rings (SSSR count). The molecule has 0 saturated carbocycles. The third-order valence-electron chi connectivity index (χ3n) is 4.23.